The van der Waals surface area contributed by atoms with Crippen LogP contribution in [0.5, 0.6) is 0 Å². The van der Waals surface area contributed by atoms with Crippen LogP contribution in [0.15, 0.2) is 30.3 Å². The Morgan fingerprint density at radius 2 is 1.95 bits per heavy atom. The molecule has 1 aromatic carbocycles. The molecule has 1 aromatic rings. The van der Waals surface area contributed by atoms with Crippen LogP contribution < -0.4 is 5.73 Å². The molecular formula is C16H20N2O4. The molecule has 1 aliphatic carbocycles. The lowest BCUT2D eigenvalue weighted by atomic mass is 9.91. The largest absolute Gasteiger partial charge is 0.376 e. The third kappa shape index (κ3) is 3.13. The van der Waals surface area contributed by atoms with Gasteiger partial charge >= 0.3 is 0 Å². The molecular weight excluding hydrogens is 284 g/mol. The van der Waals surface area contributed by atoms with Crippen molar-refractivity contribution in [3.63, 3.8) is 0 Å². The van der Waals surface area contributed by atoms with Crippen LogP contribution in [-0.2, 0) is 14.4 Å². The van der Waals surface area contributed by atoms with E-state index in [0.717, 1.165) is 12.8 Å². The molecule has 6 heteroatoms. The maximum Gasteiger partial charge on any atom is 0.278 e. The van der Waals surface area contributed by atoms with Crippen LogP contribution >= 0.6 is 0 Å². The van der Waals surface area contributed by atoms with Gasteiger partial charge < -0.3 is 10.5 Å². The minimum atomic E-state index is -0.784. The minimum Gasteiger partial charge on any atom is -0.376 e. The Balaban J connectivity index is 1.81. The summed E-state index contributed by atoms with van der Waals surface area (Å²) in [7, 11) is 0. The molecule has 2 N–H and O–H groups in total. The highest BCUT2D eigenvalue weighted by atomic mass is 16.7. The smallest absolute Gasteiger partial charge is 0.278 e. The van der Waals surface area contributed by atoms with Crippen LogP contribution in [0.25, 0.3) is 0 Å². The van der Waals surface area contributed by atoms with Crippen LogP contribution in [0, 0.1) is 5.92 Å². The topological polar surface area (TPSA) is 81.9 Å². The molecule has 1 heterocycles. The number of carbonyl (C=O) groups is 2. The summed E-state index contributed by atoms with van der Waals surface area (Å²) in [4.78, 5) is 30.0. The van der Waals surface area contributed by atoms with Gasteiger partial charge in [-0.25, -0.2) is 5.06 Å². The van der Waals surface area contributed by atoms with E-state index in [1.807, 2.05) is 6.07 Å². The fourth-order valence-electron chi connectivity index (χ4n) is 2.53. The van der Waals surface area contributed by atoms with E-state index in [2.05, 4.69) is 0 Å². The van der Waals surface area contributed by atoms with Gasteiger partial charge in [-0.2, -0.15) is 0 Å². The van der Waals surface area contributed by atoms with Gasteiger partial charge in [0, 0.05) is 5.56 Å². The number of ether oxygens (including phenoxy) is 1. The molecule has 1 saturated carbocycles. The van der Waals surface area contributed by atoms with E-state index in [4.69, 9.17) is 15.3 Å². The van der Waals surface area contributed by atoms with E-state index >= 15 is 0 Å². The van der Waals surface area contributed by atoms with Crippen LogP contribution in [0.1, 0.15) is 29.6 Å². The standard InChI is InChI=1S/C16H20N2O4/c17-14(19)8-16(10-21-11-16)18(22-9-12-6-7-12)15(20)13-4-2-1-3-5-13/h1-5,12H,6-11H2,(H2,17,19). The SMILES string of the molecule is NC(=O)CC1(N(OCC2CC2)C(=O)c2ccccc2)COC1. The number of carbonyl (C=O) groups excluding carboxylic acids is 2. The first-order chi connectivity index (χ1) is 10.6. The van der Waals surface area contributed by atoms with Crippen molar-refractivity contribution in [2.24, 2.45) is 11.7 Å². The van der Waals surface area contributed by atoms with Gasteiger partial charge in [0.25, 0.3) is 5.91 Å². The Morgan fingerprint density at radius 1 is 1.27 bits per heavy atom. The van der Waals surface area contributed by atoms with Gasteiger partial charge in [0.05, 0.1) is 26.2 Å². The van der Waals surface area contributed by atoms with Crippen LogP contribution in [0.3, 0.4) is 0 Å². The molecule has 0 bridgehead atoms. The summed E-state index contributed by atoms with van der Waals surface area (Å²) in [5.41, 5.74) is 5.08. The fourth-order valence-corrected chi connectivity index (χ4v) is 2.53. The van der Waals surface area contributed by atoms with Crippen molar-refractivity contribution in [2.45, 2.75) is 24.8 Å². The van der Waals surface area contributed by atoms with Gasteiger partial charge in [-0.05, 0) is 30.9 Å². The van der Waals surface area contributed by atoms with Crippen molar-refractivity contribution >= 4 is 11.8 Å². The molecule has 1 saturated heterocycles. The quantitative estimate of drug-likeness (QED) is 0.765. The normalized spacial score (nSPS) is 19.3. The second-order valence-electron chi connectivity index (χ2n) is 6.06. The van der Waals surface area contributed by atoms with Crippen molar-refractivity contribution < 1.29 is 19.2 Å². The van der Waals surface area contributed by atoms with E-state index in [1.54, 1.807) is 24.3 Å². The molecule has 2 fully saturated rings. The average Bonchev–Trinajstić information content (AvgIpc) is 3.29. The lowest BCUT2D eigenvalue weighted by Gasteiger charge is -2.47. The summed E-state index contributed by atoms with van der Waals surface area (Å²) < 4.78 is 5.25. The van der Waals surface area contributed by atoms with Crippen molar-refractivity contribution in [1.82, 2.24) is 5.06 Å². The predicted octanol–water partition coefficient (Wildman–Crippen LogP) is 1.11. The number of hydrogen-bond acceptors (Lipinski definition) is 4. The number of nitrogens with zero attached hydrogens (tertiary/aromatic N) is 1. The molecule has 0 aromatic heterocycles. The van der Waals surface area contributed by atoms with Gasteiger partial charge in [-0.1, -0.05) is 18.2 Å². The number of hydroxylamine groups is 2. The first kappa shape index (κ1) is 15.0. The molecule has 22 heavy (non-hydrogen) atoms. The molecule has 0 spiro atoms. The summed E-state index contributed by atoms with van der Waals surface area (Å²) in [5, 5.41) is 1.33. The van der Waals surface area contributed by atoms with Crippen molar-refractivity contribution in [3.05, 3.63) is 35.9 Å². The van der Waals surface area contributed by atoms with E-state index in [0.29, 0.717) is 18.1 Å². The first-order valence-corrected chi connectivity index (χ1v) is 7.49. The third-order valence-corrected chi connectivity index (χ3v) is 4.02. The maximum atomic E-state index is 12.8. The number of nitrogens with two attached hydrogens (primary N) is 1. The Hall–Kier alpha value is -1.92. The summed E-state index contributed by atoms with van der Waals surface area (Å²) in [6.07, 6.45) is 2.27. The number of primary amides is 1. The van der Waals surface area contributed by atoms with Crippen molar-refractivity contribution in [1.29, 1.82) is 0 Å². The van der Waals surface area contributed by atoms with Gasteiger partial charge in [-0.3, -0.25) is 14.4 Å². The molecule has 118 valence electrons. The lowest BCUT2D eigenvalue weighted by molar-refractivity contribution is -0.257. The Kier molecular flexibility index (Phi) is 4.13. The van der Waals surface area contributed by atoms with E-state index in [1.165, 1.54) is 5.06 Å². The lowest BCUT2D eigenvalue weighted by Crippen LogP contribution is -2.65. The molecule has 1 aliphatic heterocycles. The highest BCUT2D eigenvalue weighted by molar-refractivity contribution is 5.94. The molecule has 0 unspecified atom stereocenters. The number of rotatable bonds is 7. The molecule has 6 nitrogen and oxygen atoms in total. The first-order valence-electron chi connectivity index (χ1n) is 7.49. The summed E-state index contributed by atoms with van der Waals surface area (Å²) >= 11 is 0. The minimum absolute atomic E-state index is 0.0379. The number of hydrogen-bond donors (Lipinski definition) is 1. The second-order valence-corrected chi connectivity index (χ2v) is 6.06. The van der Waals surface area contributed by atoms with Gasteiger partial charge in [0.1, 0.15) is 5.54 Å². The Bertz CT molecular complexity index is 553. The molecule has 0 atom stereocenters. The van der Waals surface area contributed by atoms with E-state index < -0.39 is 11.4 Å². The Labute approximate surface area is 129 Å². The predicted molar refractivity (Wildman–Crippen MR) is 78.6 cm³/mol. The second kappa shape index (κ2) is 6.06. The van der Waals surface area contributed by atoms with Crippen LogP contribution in [0.4, 0.5) is 0 Å². The molecule has 3 rings (SSSR count). The third-order valence-electron chi connectivity index (χ3n) is 4.02. The summed E-state index contributed by atoms with van der Waals surface area (Å²) in [5.74, 6) is -0.229. The van der Waals surface area contributed by atoms with E-state index in [9.17, 15) is 9.59 Å². The average molecular weight is 304 g/mol. The highest BCUT2D eigenvalue weighted by Crippen LogP contribution is 2.34. The zero-order chi connectivity index (χ0) is 15.6. The zero-order valence-corrected chi connectivity index (χ0v) is 12.4. The molecule has 2 amide bonds. The molecule has 0 radical (unpaired) electrons. The van der Waals surface area contributed by atoms with Crippen molar-refractivity contribution in [3.8, 4) is 0 Å². The molecule has 2 aliphatic rings. The summed E-state index contributed by atoms with van der Waals surface area (Å²) in [6, 6.07) is 8.90. The maximum absolute atomic E-state index is 12.8. The summed E-state index contributed by atoms with van der Waals surface area (Å²) in [6.45, 7) is 1.01. The number of benzene rings is 1. The van der Waals surface area contributed by atoms with Gasteiger partial charge in [0.2, 0.25) is 5.91 Å². The van der Waals surface area contributed by atoms with Gasteiger partial charge in [-0.15, -0.1) is 0 Å². The van der Waals surface area contributed by atoms with Crippen LogP contribution in [0.2, 0.25) is 0 Å². The number of amides is 2. The van der Waals surface area contributed by atoms with E-state index in [-0.39, 0.29) is 25.5 Å². The highest BCUT2D eigenvalue weighted by Gasteiger charge is 2.49. The van der Waals surface area contributed by atoms with Crippen LogP contribution in [-0.4, -0.2) is 42.2 Å². The van der Waals surface area contributed by atoms with Crippen molar-refractivity contribution in [2.75, 3.05) is 19.8 Å². The van der Waals surface area contributed by atoms with Gasteiger partial charge in [0.15, 0.2) is 0 Å². The monoisotopic (exact) mass is 304 g/mol. The Morgan fingerprint density at radius 3 is 2.45 bits per heavy atom. The fraction of sp³-hybridized carbons (Fsp3) is 0.500. The zero-order valence-electron chi connectivity index (χ0n) is 12.4.